The van der Waals surface area contributed by atoms with E-state index >= 15 is 0 Å². The van der Waals surface area contributed by atoms with Crippen LogP contribution in [0.5, 0.6) is 0 Å². The number of rotatable bonds is 1. The number of aliphatic carboxylic acids is 1. The Balaban J connectivity index is 2.39. The minimum atomic E-state index is -0.910. The van der Waals surface area contributed by atoms with Gasteiger partial charge in [-0.05, 0) is 12.1 Å². The van der Waals surface area contributed by atoms with E-state index in [2.05, 4.69) is 0 Å². The summed E-state index contributed by atoms with van der Waals surface area (Å²) in [5.74, 6) is -0.910. The van der Waals surface area contributed by atoms with Gasteiger partial charge in [0.25, 0.3) is 0 Å². The molecule has 0 saturated carbocycles. The van der Waals surface area contributed by atoms with Crippen LogP contribution in [0.2, 0.25) is 0 Å². The molecule has 0 unspecified atom stereocenters. The molecule has 0 radical (unpaired) electrons. The van der Waals surface area contributed by atoms with Gasteiger partial charge in [-0.1, -0.05) is 23.9 Å². The Hall–Kier alpha value is -1.42. The zero-order valence-corrected chi connectivity index (χ0v) is 8.41. The van der Waals surface area contributed by atoms with Gasteiger partial charge in [-0.2, -0.15) is 0 Å². The Kier molecular flexibility index (Phi) is 2.21. The maximum absolute atomic E-state index is 10.5. The van der Waals surface area contributed by atoms with Gasteiger partial charge in [-0.15, -0.1) is 0 Å². The maximum Gasteiger partial charge on any atom is 0.330 e. The first-order valence-electron chi connectivity index (χ1n) is 4.14. The summed E-state index contributed by atoms with van der Waals surface area (Å²) in [6.07, 6.45) is 1.23. The third kappa shape index (κ3) is 1.48. The molecule has 1 aromatic rings. The SMILES string of the molecule is CN1/C(=C/C(=O)O)Sc2ccccc21. The molecule has 1 N–H and O–H groups in total. The molecule has 4 heteroatoms. The molecule has 1 aliphatic rings. The van der Waals surface area contributed by atoms with Gasteiger partial charge in [-0.25, -0.2) is 4.79 Å². The van der Waals surface area contributed by atoms with Gasteiger partial charge in [-0.3, -0.25) is 0 Å². The van der Waals surface area contributed by atoms with Crippen molar-refractivity contribution in [1.82, 2.24) is 0 Å². The van der Waals surface area contributed by atoms with Crippen LogP contribution in [-0.4, -0.2) is 18.1 Å². The zero-order chi connectivity index (χ0) is 10.1. The van der Waals surface area contributed by atoms with Crippen LogP contribution in [0.25, 0.3) is 0 Å². The quantitative estimate of drug-likeness (QED) is 0.716. The van der Waals surface area contributed by atoms with Crippen LogP contribution < -0.4 is 4.90 Å². The highest BCUT2D eigenvalue weighted by atomic mass is 32.2. The van der Waals surface area contributed by atoms with E-state index in [1.807, 2.05) is 36.2 Å². The first kappa shape index (κ1) is 9.15. The fourth-order valence-electron chi connectivity index (χ4n) is 1.35. The van der Waals surface area contributed by atoms with Crippen LogP contribution in [0.1, 0.15) is 0 Å². The van der Waals surface area contributed by atoms with Crippen molar-refractivity contribution in [2.75, 3.05) is 11.9 Å². The summed E-state index contributed by atoms with van der Waals surface area (Å²) >= 11 is 1.48. The predicted molar refractivity (Wildman–Crippen MR) is 56.4 cm³/mol. The number of thioether (sulfide) groups is 1. The van der Waals surface area contributed by atoms with Gasteiger partial charge in [0.2, 0.25) is 0 Å². The molecule has 0 spiro atoms. The monoisotopic (exact) mass is 207 g/mol. The second kappa shape index (κ2) is 3.38. The van der Waals surface area contributed by atoms with Crippen LogP contribution in [0.4, 0.5) is 5.69 Å². The summed E-state index contributed by atoms with van der Waals surface area (Å²) in [6, 6.07) is 7.85. The molecule has 3 nitrogen and oxygen atoms in total. The lowest BCUT2D eigenvalue weighted by Crippen LogP contribution is -2.10. The second-order valence-corrected chi connectivity index (χ2v) is 4.01. The Labute approximate surface area is 86.0 Å². The fourth-order valence-corrected chi connectivity index (χ4v) is 2.43. The summed E-state index contributed by atoms with van der Waals surface area (Å²) in [4.78, 5) is 13.5. The highest BCUT2D eigenvalue weighted by Gasteiger charge is 2.21. The van der Waals surface area contributed by atoms with E-state index in [-0.39, 0.29) is 0 Å². The van der Waals surface area contributed by atoms with Gasteiger partial charge in [0.05, 0.1) is 16.8 Å². The van der Waals surface area contributed by atoms with E-state index < -0.39 is 5.97 Å². The van der Waals surface area contributed by atoms with Crippen LogP contribution in [0.15, 0.2) is 40.3 Å². The average Bonchev–Trinajstić information content (AvgIpc) is 2.44. The molecule has 0 aliphatic carbocycles. The third-order valence-electron chi connectivity index (χ3n) is 2.02. The number of para-hydroxylation sites is 1. The molecule has 1 aliphatic heterocycles. The topological polar surface area (TPSA) is 40.5 Å². The number of nitrogens with zero attached hydrogens (tertiary/aromatic N) is 1. The largest absolute Gasteiger partial charge is 0.478 e. The average molecular weight is 207 g/mol. The number of fused-ring (bicyclic) bond motifs is 1. The van der Waals surface area contributed by atoms with E-state index in [9.17, 15) is 4.79 Å². The van der Waals surface area contributed by atoms with Crippen molar-refractivity contribution >= 4 is 23.4 Å². The molecule has 0 atom stereocenters. The summed E-state index contributed by atoms with van der Waals surface area (Å²) in [5, 5.41) is 9.40. The van der Waals surface area contributed by atoms with Crippen molar-refractivity contribution in [3.05, 3.63) is 35.4 Å². The summed E-state index contributed by atoms with van der Waals surface area (Å²) in [7, 11) is 1.87. The smallest absolute Gasteiger partial charge is 0.330 e. The number of benzene rings is 1. The van der Waals surface area contributed by atoms with Crippen molar-refractivity contribution in [1.29, 1.82) is 0 Å². The first-order chi connectivity index (χ1) is 6.68. The summed E-state index contributed by atoms with van der Waals surface area (Å²) in [6.45, 7) is 0. The van der Waals surface area contributed by atoms with Gasteiger partial charge in [0, 0.05) is 11.9 Å². The number of anilines is 1. The molecule has 0 fully saturated rings. The van der Waals surface area contributed by atoms with E-state index in [1.54, 1.807) is 0 Å². The Morgan fingerprint density at radius 2 is 2.21 bits per heavy atom. The normalized spacial score (nSPS) is 17.2. The Bertz CT molecular complexity index is 414. The third-order valence-corrected chi connectivity index (χ3v) is 3.18. The number of carboxylic acid groups (broad SMARTS) is 1. The minimum Gasteiger partial charge on any atom is -0.478 e. The molecule has 2 rings (SSSR count). The molecule has 0 bridgehead atoms. The number of carboxylic acids is 1. The molecule has 72 valence electrons. The lowest BCUT2D eigenvalue weighted by atomic mass is 10.3. The molecule has 14 heavy (non-hydrogen) atoms. The molecule has 1 heterocycles. The molecule has 1 aromatic carbocycles. The molecular formula is C10H9NO2S. The standard InChI is InChI=1S/C10H9NO2S/c1-11-7-4-2-3-5-8(7)14-9(11)6-10(12)13/h2-6H,1H3,(H,12,13)/b9-6-. The van der Waals surface area contributed by atoms with Crippen molar-refractivity contribution in [2.24, 2.45) is 0 Å². The van der Waals surface area contributed by atoms with Crippen molar-refractivity contribution in [2.45, 2.75) is 4.90 Å². The highest BCUT2D eigenvalue weighted by molar-refractivity contribution is 8.03. The molecule has 0 amide bonds. The van der Waals surface area contributed by atoms with E-state index in [4.69, 9.17) is 5.11 Å². The zero-order valence-electron chi connectivity index (χ0n) is 7.60. The number of hydrogen-bond donors (Lipinski definition) is 1. The Morgan fingerprint density at radius 3 is 2.86 bits per heavy atom. The fraction of sp³-hybridized carbons (Fsp3) is 0.100. The van der Waals surface area contributed by atoms with E-state index in [0.717, 1.165) is 15.6 Å². The van der Waals surface area contributed by atoms with E-state index in [0.29, 0.717) is 0 Å². The lowest BCUT2D eigenvalue weighted by Gasteiger charge is -2.11. The van der Waals surface area contributed by atoms with Crippen LogP contribution in [0, 0.1) is 0 Å². The molecule has 0 aromatic heterocycles. The maximum atomic E-state index is 10.5. The Morgan fingerprint density at radius 1 is 1.50 bits per heavy atom. The van der Waals surface area contributed by atoms with Crippen molar-refractivity contribution in [3.8, 4) is 0 Å². The highest BCUT2D eigenvalue weighted by Crippen LogP contribution is 2.44. The first-order valence-corrected chi connectivity index (χ1v) is 4.95. The van der Waals surface area contributed by atoms with Crippen molar-refractivity contribution < 1.29 is 9.90 Å². The summed E-state index contributed by atoms with van der Waals surface area (Å²) in [5.41, 5.74) is 1.06. The van der Waals surface area contributed by atoms with Crippen molar-refractivity contribution in [3.63, 3.8) is 0 Å². The van der Waals surface area contributed by atoms with Gasteiger partial charge < -0.3 is 10.0 Å². The number of carbonyl (C=O) groups is 1. The lowest BCUT2D eigenvalue weighted by molar-refractivity contribution is -0.131. The molecule has 0 saturated heterocycles. The predicted octanol–water partition coefficient (Wildman–Crippen LogP) is 2.15. The second-order valence-electron chi connectivity index (χ2n) is 2.95. The van der Waals surface area contributed by atoms with E-state index in [1.165, 1.54) is 17.8 Å². The molecular weight excluding hydrogens is 198 g/mol. The van der Waals surface area contributed by atoms with Crippen LogP contribution >= 0.6 is 11.8 Å². The van der Waals surface area contributed by atoms with Gasteiger partial charge in [0.1, 0.15) is 0 Å². The minimum absolute atomic E-state index is 0.749. The van der Waals surface area contributed by atoms with Crippen LogP contribution in [0.3, 0.4) is 0 Å². The van der Waals surface area contributed by atoms with Gasteiger partial charge in [0.15, 0.2) is 0 Å². The number of hydrogen-bond acceptors (Lipinski definition) is 3. The summed E-state index contributed by atoms with van der Waals surface area (Å²) < 4.78 is 0. The van der Waals surface area contributed by atoms with Gasteiger partial charge >= 0.3 is 5.97 Å². The van der Waals surface area contributed by atoms with Crippen LogP contribution in [-0.2, 0) is 4.79 Å².